The standard InChI is InChI=1S/C23H27N3O3/c1-17-5-4-14-25(16-17)21-11-9-20(10-12-21)18(2)24-23(27)13-8-19-6-3-7-22(15-19)26(28)29/h3,6-13,15,17-18H,4-5,14,16H2,1-2H3,(H,24,27)/b13-8+/t17-,18-/m0/s1. The highest BCUT2D eigenvalue weighted by Gasteiger charge is 2.17. The first-order valence-corrected chi connectivity index (χ1v) is 10.0. The van der Waals surface area contributed by atoms with Crippen LogP contribution in [0.5, 0.6) is 0 Å². The van der Waals surface area contributed by atoms with Gasteiger partial charge in [-0.25, -0.2) is 0 Å². The zero-order valence-corrected chi connectivity index (χ0v) is 16.9. The number of hydrogen-bond acceptors (Lipinski definition) is 4. The minimum atomic E-state index is -0.451. The molecule has 1 aliphatic rings. The van der Waals surface area contributed by atoms with Crippen LogP contribution < -0.4 is 10.2 Å². The Labute approximate surface area is 171 Å². The summed E-state index contributed by atoms with van der Waals surface area (Å²) in [5.41, 5.74) is 2.88. The third-order valence-corrected chi connectivity index (χ3v) is 5.28. The van der Waals surface area contributed by atoms with E-state index in [4.69, 9.17) is 0 Å². The second-order valence-corrected chi connectivity index (χ2v) is 7.70. The molecule has 6 nitrogen and oxygen atoms in total. The highest BCUT2D eigenvalue weighted by atomic mass is 16.6. The summed E-state index contributed by atoms with van der Waals surface area (Å²) in [7, 11) is 0. The van der Waals surface area contributed by atoms with Crippen molar-refractivity contribution in [1.82, 2.24) is 5.32 Å². The fourth-order valence-electron chi connectivity index (χ4n) is 3.66. The number of nitrogens with zero attached hydrogens (tertiary/aromatic N) is 2. The molecule has 0 unspecified atom stereocenters. The van der Waals surface area contributed by atoms with Crippen LogP contribution in [0.2, 0.25) is 0 Å². The molecular weight excluding hydrogens is 366 g/mol. The maximum absolute atomic E-state index is 12.2. The Bertz CT molecular complexity index is 892. The van der Waals surface area contributed by atoms with Crippen LogP contribution in [0.25, 0.3) is 6.08 Å². The summed E-state index contributed by atoms with van der Waals surface area (Å²) < 4.78 is 0. The van der Waals surface area contributed by atoms with Crippen molar-refractivity contribution in [2.24, 2.45) is 5.92 Å². The molecule has 6 heteroatoms. The lowest BCUT2D eigenvalue weighted by Crippen LogP contribution is -2.34. The van der Waals surface area contributed by atoms with E-state index in [1.807, 2.05) is 6.92 Å². The van der Waals surface area contributed by atoms with Crippen molar-refractivity contribution in [3.63, 3.8) is 0 Å². The van der Waals surface area contributed by atoms with Gasteiger partial charge in [0.2, 0.25) is 5.91 Å². The Balaban J connectivity index is 1.58. The Morgan fingerprint density at radius 1 is 1.28 bits per heavy atom. The molecule has 0 aliphatic carbocycles. The van der Waals surface area contributed by atoms with Gasteiger partial charge in [0.15, 0.2) is 0 Å². The van der Waals surface area contributed by atoms with Crippen molar-refractivity contribution >= 4 is 23.4 Å². The average Bonchev–Trinajstić information content (AvgIpc) is 2.72. The Hall–Kier alpha value is -3.15. The summed E-state index contributed by atoms with van der Waals surface area (Å²) in [5.74, 6) is 0.484. The van der Waals surface area contributed by atoms with E-state index in [1.54, 1.807) is 18.2 Å². The maximum Gasteiger partial charge on any atom is 0.270 e. The quantitative estimate of drug-likeness (QED) is 0.438. The molecule has 0 bridgehead atoms. The maximum atomic E-state index is 12.2. The fourth-order valence-corrected chi connectivity index (χ4v) is 3.66. The smallest absolute Gasteiger partial charge is 0.270 e. The zero-order valence-electron chi connectivity index (χ0n) is 16.9. The number of benzene rings is 2. The second-order valence-electron chi connectivity index (χ2n) is 7.70. The molecule has 1 fully saturated rings. The van der Waals surface area contributed by atoms with Gasteiger partial charge in [0.05, 0.1) is 11.0 Å². The highest BCUT2D eigenvalue weighted by Crippen LogP contribution is 2.24. The molecule has 1 amide bonds. The van der Waals surface area contributed by atoms with Gasteiger partial charge >= 0.3 is 0 Å². The van der Waals surface area contributed by atoms with Gasteiger partial charge in [-0.15, -0.1) is 0 Å². The second kappa shape index (κ2) is 9.37. The van der Waals surface area contributed by atoms with Crippen LogP contribution >= 0.6 is 0 Å². The number of nitrogens with one attached hydrogen (secondary N) is 1. The number of rotatable bonds is 6. The third kappa shape index (κ3) is 5.67. The van der Waals surface area contributed by atoms with E-state index in [0.717, 1.165) is 24.6 Å². The van der Waals surface area contributed by atoms with Crippen molar-refractivity contribution in [1.29, 1.82) is 0 Å². The molecule has 1 aliphatic heterocycles. The molecule has 1 saturated heterocycles. The summed E-state index contributed by atoms with van der Waals surface area (Å²) >= 11 is 0. The van der Waals surface area contributed by atoms with Gasteiger partial charge in [0.25, 0.3) is 5.69 Å². The molecule has 1 heterocycles. The lowest BCUT2D eigenvalue weighted by atomic mass is 9.99. The topological polar surface area (TPSA) is 75.5 Å². The predicted octanol–water partition coefficient (Wildman–Crippen LogP) is 4.72. The Kier molecular flexibility index (Phi) is 6.65. The van der Waals surface area contributed by atoms with Crippen LogP contribution in [0.4, 0.5) is 11.4 Å². The normalized spacial score (nSPS) is 17.9. The fraction of sp³-hybridized carbons (Fsp3) is 0.348. The molecule has 1 N–H and O–H groups in total. The monoisotopic (exact) mass is 393 g/mol. The first-order valence-electron chi connectivity index (χ1n) is 10.0. The van der Waals surface area contributed by atoms with Gasteiger partial charge in [0.1, 0.15) is 0 Å². The number of nitro benzene ring substituents is 1. The summed E-state index contributed by atoms with van der Waals surface area (Å²) in [6.07, 6.45) is 5.50. The summed E-state index contributed by atoms with van der Waals surface area (Å²) in [4.78, 5) is 25.0. The lowest BCUT2D eigenvalue weighted by molar-refractivity contribution is -0.384. The number of anilines is 1. The number of nitro groups is 1. The highest BCUT2D eigenvalue weighted by molar-refractivity contribution is 5.92. The van der Waals surface area contributed by atoms with Gasteiger partial charge < -0.3 is 10.2 Å². The summed E-state index contributed by atoms with van der Waals surface area (Å²) in [6, 6.07) is 14.4. The van der Waals surface area contributed by atoms with Crippen molar-refractivity contribution in [2.45, 2.75) is 32.7 Å². The van der Waals surface area contributed by atoms with Crippen LogP contribution in [-0.4, -0.2) is 23.9 Å². The largest absolute Gasteiger partial charge is 0.371 e. The van der Waals surface area contributed by atoms with E-state index >= 15 is 0 Å². The molecule has 0 aromatic heterocycles. The van der Waals surface area contributed by atoms with Crippen LogP contribution in [0.1, 0.15) is 43.9 Å². The molecule has 152 valence electrons. The number of carbonyl (C=O) groups excluding carboxylic acids is 1. The summed E-state index contributed by atoms with van der Waals surface area (Å²) in [5, 5.41) is 13.8. The molecule has 0 saturated carbocycles. The van der Waals surface area contributed by atoms with Crippen LogP contribution in [0, 0.1) is 16.0 Å². The van der Waals surface area contributed by atoms with Crippen LogP contribution in [-0.2, 0) is 4.79 Å². The van der Waals surface area contributed by atoms with E-state index in [9.17, 15) is 14.9 Å². The van der Waals surface area contributed by atoms with E-state index in [2.05, 4.69) is 41.4 Å². The minimum Gasteiger partial charge on any atom is -0.371 e. The number of amides is 1. The molecule has 2 aromatic rings. The molecule has 2 atom stereocenters. The SMILES string of the molecule is C[C@H]1CCCN(c2ccc([C@H](C)NC(=O)/C=C/c3cccc([N+](=O)[O-])c3)cc2)C1. The molecule has 0 spiro atoms. The van der Waals surface area contributed by atoms with Crippen molar-refractivity contribution in [2.75, 3.05) is 18.0 Å². The van der Waals surface area contributed by atoms with Gasteiger partial charge in [-0.05, 0) is 55.0 Å². The number of carbonyl (C=O) groups is 1. The van der Waals surface area contributed by atoms with Crippen molar-refractivity contribution < 1.29 is 9.72 Å². The molecule has 29 heavy (non-hydrogen) atoms. The molecule has 0 radical (unpaired) electrons. The Morgan fingerprint density at radius 2 is 2.03 bits per heavy atom. The van der Waals surface area contributed by atoms with E-state index in [-0.39, 0.29) is 17.6 Å². The number of non-ortho nitro benzene ring substituents is 1. The molecule has 2 aromatic carbocycles. The van der Waals surface area contributed by atoms with E-state index < -0.39 is 4.92 Å². The first-order chi connectivity index (χ1) is 13.9. The number of hydrogen-bond donors (Lipinski definition) is 1. The van der Waals surface area contributed by atoms with Gasteiger partial charge in [-0.1, -0.05) is 31.2 Å². The van der Waals surface area contributed by atoms with E-state index in [1.165, 1.54) is 36.7 Å². The lowest BCUT2D eigenvalue weighted by Gasteiger charge is -2.33. The van der Waals surface area contributed by atoms with Crippen molar-refractivity contribution in [3.05, 3.63) is 75.8 Å². The van der Waals surface area contributed by atoms with Gasteiger partial charge in [-0.2, -0.15) is 0 Å². The Morgan fingerprint density at radius 3 is 2.72 bits per heavy atom. The van der Waals surface area contributed by atoms with Gasteiger partial charge in [-0.3, -0.25) is 14.9 Å². The van der Waals surface area contributed by atoms with Crippen molar-refractivity contribution in [3.8, 4) is 0 Å². The summed E-state index contributed by atoms with van der Waals surface area (Å²) in [6.45, 7) is 6.42. The van der Waals surface area contributed by atoms with Crippen LogP contribution in [0.3, 0.4) is 0 Å². The number of piperidine rings is 1. The average molecular weight is 393 g/mol. The zero-order chi connectivity index (χ0) is 20.8. The third-order valence-electron chi connectivity index (χ3n) is 5.28. The van der Waals surface area contributed by atoms with E-state index in [0.29, 0.717) is 5.56 Å². The first kappa shape index (κ1) is 20.6. The molecular formula is C23H27N3O3. The predicted molar refractivity (Wildman–Crippen MR) is 116 cm³/mol. The van der Waals surface area contributed by atoms with Crippen LogP contribution in [0.15, 0.2) is 54.6 Å². The molecule has 3 rings (SSSR count). The van der Waals surface area contributed by atoms with Gasteiger partial charge in [0, 0.05) is 37.0 Å². The minimum absolute atomic E-state index is 0.00381.